The second kappa shape index (κ2) is 6.84. The largest absolute Gasteiger partial charge is 0.416 e. The van der Waals surface area contributed by atoms with E-state index in [0.717, 1.165) is 37.8 Å². The fourth-order valence-electron chi connectivity index (χ4n) is 2.53. The summed E-state index contributed by atoms with van der Waals surface area (Å²) in [4.78, 5) is 0. The number of allylic oxidation sites excluding steroid dienone is 1. The second-order valence-electron chi connectivity index (χ2n) is 5.61. The van der Waals surface area contributed by atoms with Crippen LogP contribution in [0.4, 0.5) is 32.0 Å². The fourth-order valence-corrected chi connectivity index (χ4v) is 2.53. The van der Waals surface area contributed by atoms with Gasteiger partial charge in [0.25, 0.3) is 0 Å². The van der Waals surface area contributed by atoms with Crippen molar-refractivity contribution < 1.29 is 26.3 Å². The normalized spacial score (nSPS) is 21.4. The molecule has 1 nitrogen and oxygen atoms in total. The van der Waals surface area contributed by atoms with Gasteiger partial charge in [0.2, 0.25) is 0 Å². The van der Waals surface area contributed by atoms with E-state index in [9.17, 15) is 26.3 Å². The maximum absolute atomic E-state index is 12.8. The Kier molecular flexibility index (Phi) is 5.26. The van der Waals surface area contributed by atoms with Crippen molar-refractivity contribution in [1.29, 1.82) is 0 Å². The zero-order chi connectivity index (χ0) is 17.1. The number of nitrogens with one attached hydrogen (secondary N) is 1. The predicted octanol–water partition coefficient (Wildman–Crippen LogP) is 6.03. The molecule has 0 bridgehead atoms. The first-order valence-corrected chi connectivity index (χ1v) is 7.39. The number of anilines is 1. The predicted molar refractivity (Wildman–Crippen MR) is 76.1 cm³/mol. The molecule has 0 heterocycles. The monoisotopic (exact) mass is 337 g/mol. The Bertz CT molecular complexity index is 526. The van der Waals surface area contributed by atoms with E-state index < -0.39 is 23.5 Å². The Labute approximate surface area is 130 Å². The van der Waals surface area contributed by atoms with E-state index in [1.165, 1.54) is 0 Å². The molecule has 0 radical (unpaired) electrons. The van der Waals surface area contributed by atoms with Gasteiger partial charge >= 0.3 is 12.4 Å². The Morgan fingerprint density at radius 2 is 1.43 bits per heavy atom. The first-order chi connectivity index (χ1) is 10.7. The summed E-state index contributed by atoms with van der Waals surface area (Å²) in [5, 5.41) is 2.79. The molecule has 0 fully saturated rings. The zero-order valence-electron chi connectivity index (χ0n) is 12.3. The molecule has 1 unspecified atom stereocenters. The molecule has 2 rings (SSSR count). The van der Waals surface area contributed by atoms with E-state index >= 15 is 0 Å². The van der Waals surface area contributed by atoms with Crippen molar-refractivity contribution in [3.63, 3.8) is 0 Å². The minimum Gasteiger partial charge on any atom is -0.379 e. The summed E-state index contributed by atoms with van der Waals surface area (Å²) >= 11 is 0. The number of alkyl halides is 6. The average Bonchev–Trinajstić information content (AvgIpc) is 2.39. The molecule has 1 aliphatic rings. The highest BCUT2D eigenvalue weighted by Gasteiger charge is 2.37. The standard InChI is InChI=1S/C16H17F6N/c17-15(18,19)11-8-12(16(20,21)22)10-14(9-11)23-13-6-4-2-1-3-5-7-13/h4,6,8-10,13,23H,1-3,5,7H2/b6-4-. The van der Waals surface area contributed by atoms with Gasteiger partial charge in [-0.25, -0.2) is 0 Å². The molecule has 7 heteroatoms. The topological polar surface area (TPSA) is 12.0 Å². The molecule has 0 aliphatic heterocycles. The van der Waals surface area contributed by atoms with Gasteiger partial charge in [-0.05, 0) is 37.5 Å². The van der Waals surface area contributed by atoms with Crippen LogP contribution in [-0.2, 0) is 12.4 Å². The third-order valence-electron chi connectivity index (χ3n) is 3.69. The lowest BCUT2D eigenvalue weighted by Crippen LogP contribution is -2.19. The lowest BCUT2D eigenvalue weighted by Gasteiger charge is -2.20. The van der Waals surface area contributed by atoms with Crippen molar-refractivity contribution in [1.82, 2.24) is 0 Å². The van der Waals surface area contributed by atoms with Gasteiger partial charge in [0, 0.05) is 11.7 Å². The maximum Gasteiger partial charge on any atom is 0.416 e. The van der Waals surface area contributed by atoms with E-state index in [2.05, 4.69) is 5.32 Å². The van der Waals surface area contributed by atoms with Crippen LogP contribution in [0.25, 0.3) is 0 Å². The molecule has 1 aliphatic carbocycles. The molecular formula is C16H17F6N. The zero-order valence-corrected chi connectivity index (χ0v) is 12.3. The van der Waals surface area contributed by atoms with E-state index in [1.54, 1.807) is 0 Å². The molecule has 1 N–H and O–H groups in total. The number of hydrogen-bond donors (Lipinski definition) is 1. The molecule has 23 heavy (non-hydrogen) atoms. The third-order valence-corrected chi connectivity index (χ3v) is 3.69. The van der Waals surface area contributed by atoms with Crippen LogP contribution in [0.3, 0.4) is 0 Å². The molecule has 0 aromatic heterocycles. The SMILES string of the molecule is FC(F)(F)c1cc(NC2/C=C\CCCCC2)cc(C(F)(F)F)c1. The summed E-state index contributed by atoms with van der Waals surface area (Å²) in [6.45, 7) is 0. The van der Waals surface area contributed by atoms with Crippen molar-refractivity contribution >= 4 is 5.69 Å². The van der Waals surface area contributed by atoms with Crippen molar-refractivity contribution in [2.45, 2.75) is 50.5 Å². The molecular weight excluding hydrogens is 320 g/mol. The van der Waals surface area contributed by atoms with Gasteiger partial charge in [0.05, 0.1) is 11.1 Å². The van der Waals surface area contributed by atoms with Crippen LogP contribution in [0.2, 0.25) is 0 Å². The van der Waals surface area contributed by atoms with Crippen LogP contribution < -0.4 is 5.32 Å². The molecule has 1 aromatic carbocycles. The smallest absolute Gasteiger partial charge is 0.379 e. The van der Waals surface area contributed by atoms with Gasteiger partial charge < -0.3 is 5.32 Å². The molecule has 1 aromatic rings. The number of rotatable bonds is 2. The molecule has 128 valence electrons. The van der Waals surface area contributed by atoms with E-state index in [0.29, 0.717) is 6.42 Å². The van der Waals surface area contributed by atoms with E-state index in [1.807, 2.05) is 12.2 Å². The molecule has 0 saturated heterocycles. The van der Waals surface area contributed by atoms with Gasteiger partial charge in [0.1, 0.15) is 0 Å². The van der Waals surface area contributed by atoms with Crippen LogP contribution >= 0.6 is 0 Å². The van der Waals surface area contributed by atoms with Crippen molar-refractivity contribution in [2.75, 3.05) is 5.32 Å². The summed E-state index contributed by atoms with van der Waals surface area (Å²) in [5.41, 5.74) is -2.77. The van der Waals surface area contributed by atoms with Crippen molar-refractivity contribution in [3.8, 4) is 0 Å². The minimum atomic E-state index is -4.82. The quantitative estimate of drug-likeness (QED) is 0.513. The molecule has 0 spiro atoms. The first-order valence-electron chi connectivity index (χ1n) is 7.39. The lowest BCUT2D eigenvalue weighted by atomic mass is 10.0. The molecule has 0 amide bonds. The molecule has 0 saturated carbocycles. The van der Waals surface area contributed by atoms with Gasteiger partial charge in [-0.2, -0.15) is 26.3 Å². The average molecular weight is 337 g/mol. The summed E-state index contributed by atoms with van der Waals surface area (Å²) in [6, 6.07) is 1.32. The number of hydrogen-bond acceptors (Lipinski definition) is 1. The van der Waals surface area contributed by atoms with Gasteiger partial charge in [-0.3, -0.25) is 0 Å². The highest BCUT2D eigenvalue weighted by molar-refractivity contribution is 5.51. The van der Waals surface area contributed by atoms with Crippen LogP contribution in [0.5, 0.6) is 0 Å². The van der Waals surface area contributed by atoms with E-state index in [4.69, 9.17) is 0 Å². The highest BCUT2D eigenvalue weighted by Crippen LogP contribution is 2.37. The summed E-state index contributed by atoms with van der Waals surface area (Å²) in [7, 11) is 0. The Morgan fingerprint density at radius 1 is 0.826 bits per heavy atom. The van der Waals surface area contributed by atoms with Gasteiger partial charge in [0.15, 0.2) is 0 Å². The minimum absolute atomic E-state index is 0.138. The van der Waals surface area contributed by atoms with Crippen LogP contribution in [0.15, 0.2) is 30.4 Å². The molecule has 1 atom stereocenters. The summed E-state index contributed by atoms with van der Waals surface area (Å²) < 4.78 is 76.9. The van der Waals surface area contributed by atoms with Crippen molar-refractivity contribution in [2.24, 2.45) is 0 Å². The van der Waals surface area contributed by atoms with Crippen LogP contribution in [0.1, 0.15) is 43.2 Å². The number of halogens is 6. The van der Waals surface area contributed by atoms with Gasteiger partial charge in [-0.1, -0.05) is 25.0 Å². The van der Waals surface area contributed by atoms with Crippen LogP contribution in [0, 0.1) is 0 Å². The first kappa shape index (κ1) is 17.7. The summed E-state index contributed by atoms with van der Waals surface area (Å²) in [6.07, 6.45) is -1.45. The van der Waals surface area contributed by atoms with Crippen LogP contribution in [-0.4, -0.2) is 6.04 Å². The van der Waals surface area contributed by atoms with Crippen molar-refractivity contribution in [3.05, 3.63) is 41.5 Å². The Hall–Kier alpha value is -1.66. The fraction of sp³-hybridized carbons (Fsp3) is 0.500. The second-order valence-corrected chi connectivity index (χ2v) is 5.61. The van der Waals surface area contributed by atoms with E-state index in [-0.39, 0.29) is 17.8 Å². The lowest BCUT2D eigenvalue weighted by molar-refractivity contribution is -0.143. The van der Waals surface area contributed by atoms with Gasteiger partial charge in [-0.15, -0.1) is 0 Å². The Balaban J connectivity index is 2.31. The highest BCUT2D eigenvalue weighted by atomic mass is 19.4. The Morgan fingerprint density at radius 3 is 2.00 bits per heavy atom. The number of benzene rings is 1. The summed E-state index contributed by atoms with van der Waals surface area (Å²) in [5.74, 6) is 0. The maximum atomic E-state index is 12.8. The third kappa shape index (κ3) is 5.18.